The minimum Gasteiger partial charge on any atom is -0.465 e. The van der Waals surface area contributed by atoms with Crippen LogP contribution in [0.4, 0.5) is 0 Å². The monoisotopic (exact) mass is 222 g/mol. The molecule has 1 aromatic heterocycles. The lowest BCUT2D eigenvalue weighted by Crippen LogP contribution is -2.25. The molecule has 1 aliphatic carbocycles. The summed E-state index contributed by atoms with van der Waals surface area (Å²) in [5, 5.41) is 4.33. The fourth-order valence-corrected chi connectivity index (χ4v) is 1.91. The third kappa shape index (κ3) is 1.84. The fourth-order valence-electron chi connectivity index (χ4n) is 1.91. The molecule has 0 bridgehead atoms. The molecule has 2 rings (SSSR count). The van der Waals surface area contributed by atoms with Crippen molar-refractivity contribution in [2.75, 3.05) is 7.11 Å². The highest BCUT2D eigenvalue weighted by Crippen LogP contribution is 2.43. The molecular weight excluding hydrogens is 204 g/mol. The van der Waals surface area contributed by atoms with Gasteiger partial charge in [-0.3, -0.25) is 4.68 Å². The summed E-state index contributed by atoms with van der Waals surface area (Å²) in [7, 11) is 1.41. The van der Waals surface area contributed by atoms with Crippen LogP contribution in [0.25, 0.3) is 0 Å². The first-order chi connectivity index (χ1) is 7.45. The van der Waals surface area contributed by atoms with Crippen LogP contribution in [0.2, 0.25) is 0 Å². The third-order valence-corrected chi connectivity index (χ3v) is 2.81. The molecule has 0 spiro atoms. The Bertz CT molecular complexity index is 411. The summed E-state index contributed by atoms with van der Waals surface area (Å²) in [5.74, 6) is 0.202. The van der Waals surface area contributed by atoms with Crippen LogP contribution in [0.5, 0.6) is 0 Å². The van der Waals surface area contributed by atoms with E-state index in [9.17, 15) is 4.79 Å². The Morgan fingerprint density at radius 2 is 2.12 bits per heavy atom. The minimum absolute atomic E-state index is 0.0931. The largest absolute Gasteiger partial charge is 0.465 e. The maximum absolute atomic E-state index is 11.6. The summed E-state index contributed by atoms with van der Waals surface area (Å²) in [5.41, 5.74) is 1.57. The summed E-state index contributed by atoms with van der Waals surface area (Å²) in [6.45, 7) is 6.27. The van der Waals surface area contributed by atoms with Crippen LogP contribution in [-0.2, 0) is 10.3 Å². The number of carbonyl (C=O) groups excluding carboxylic acids is 1. The van der Waals surface area contributed by atoms with Crippen molar-refractivity contribution in [1.82, 2.24) is 9.78 Å². The molecule has 4 heteroatoms. The molecule has 1 aromatic rings. The van der Waals surface area contributed by atoms with Gasteiger partial charge < -0.3 is 4.74 Å². The molecule has 1 fully saturated rings. The second kappa shape index (κ2) is 3.61. The summed E-state index contributed by atoms with van der Waals surface area (Å²) >= 11 is 0. The van der Waals surface area contributed by atoms with Gasteiger partial charge in [0, 0.05) is 5.92 Å². The van der Waals surface area contributed by atoms with E-state index in [1.165, 1.54) is 7.11 Å². The molecular formula is C12H18N2O2. The molecule has 1 heterocycles. The van der Waals surface area contributed by atoms with E-state index in [0.29, 0.717) is 11.5 Å². The van der Waals surface area contributed by atoms with Crippen LogP contribution in [0.3, 0.4) is 0 Å². The molecule has 0 saturated heterocycles. The number of esters is 1. The highest BCUT2D eigenvalue weighted by atomic mass is 16.5. The molecule has 0 atom stereocenters. The van der Waals surface area contributed by atoms with Crippen molar-refractivity contribution < 1.29 is 9.53 Å². The zero-order valence-electron chi connectivity index (χ0n) is 10.3. The Kier molecular flexibility index (Phi) is 2.52. The molecule has 0 N–H and O–H groups in total. The predicted molar refractivity (Wildman–Crippen MR) is 60.5 cm³/mol. The molecule has 0 unspecified atom stereocenters. The quantitative estimate of drug-likeness (QED) is 0.721. The van der Waals surface area contributed by atoms with Crippen LogP contribution in [0.15, 0.2) is 6.20 Å². The van der Waals surface area contributed by atoms with E-state index in [-0.39, 0.29) is 11.5 Å². The lowest BCUT2D eigenvalue weighted by atomic mass is 10.1. The topological polar surface area (TPSA) is 44.1 Å². The zero-order chi connectivity index (χ0) is 11.9. The van der Waals surface area contributed by atoms with E-state index in [1.807, 2.05) is 4.68 Å². The number of aromatic nitrogens is 2. The zero-order valence-corrected chi connectivity index (χ0v) is 10.3. The van der Waals surface area contributed by atoms with Gasteiger partial charge in [-0.25, -0.2) is 4.79 Å². The van der Waals surface area contributed by atoms with E-state index in [1.54, 1.807) is 6.20 Å². The van der Waals surface area contributed by atoms with Crippen molar-refractivity contribution in [1.29, 1.82) is 0 Å². The second-order valence-corrected chi connectivity index (χ2v) is 5.29. The minimum atomic E-state index is -0.280. The predicted octanol–water partition coefficient (Wildman–Crippen LogP) is 2.30. The normalized spacial score (nSPS) is 16.2. The molecule has 0 radical (unpaired) electrons. The third-order valence-electron chi connectivity index (χ3n) is 2.81. The maximum Gasteiger partial charge on any atom is 0.341 e. The molecule has 0 amide bonds. The van der Waals surface area contributed by atoms with Crippen molar-refractivity contribution in [2.24, 2.45) is 0 Å². The van der Waals surface area contributed by atoms with Crippen LogP contribution in [0.1, 0.15) is 55.6 Å². The number of hydrogen-bond acceptors (Lipinski definition) is 3. The summed E-state index contributed by atoms with van der Waals surface area (Å²) < 4.78 is 6.74. The Balaban J connectivity index is 2.48. The Labute approximate surface area is 95.6 Å². The first kappa shape index (κ1) is 11.2. The number of nitrogens with zero attached hydrogens (tertiary/aromatic N) is 2. The highest BCUT2D eigenvalue weighted by Gasteiger charge is 2.35. The molecule has 88 valence electrons. The summed E-state index contributed by atoms with van der Waals surface area (Å²) in [4.78, 5) is 11.6. The standard InChI is InChI=1S/C12H18N2O2/c1-12(2,3)14-10(8-5-6-8)9(7-13-14)11(15)16-4/h7-8H,5-6H2,1-4H3. The first-order valence-electron chi connectivity index (χ1n) is 5.62. The van der Waals surface area contributed by atoms with Gasteiger partial charge in [0.1, 0.15) is 5.56 Å². The van der Waals surface area contributed by atoms with Gasteiger partial charge in [-0.2, -0.15) is 5.10 Å². The lowest BCUT2D eigenvalue weighted by molar-refractivity contribution is 0.0599. The Morgan fingerprint density at radius 3 is 2.56 bits per heavy atom. The summed E-state index contributed by atoms with van der Waals surface area (Å²) in [6.07, 6.45) is 3.92. The van der Waals surface area contributed by atoms with E-state index in [2.05, 4.69) is 25.9 Å². The molecule has 1 aliphatic rings. The van der Waals surface area contributed by atoms with Crippen molar-refractivity contribution in [3.63, 3.8) is 0 Å². The first-order valence-corrected chi connectivity index (χ1v) is 5.62. The molecule has 4 nitrogen and oxygen atoms in total. The van der Waals surface area contributed by atoms with E-state index < -0.39 is 0 Å². The van der Waals surface area contributed by atoms with Gasteiger partial charge in [0.25, 0.3) is 0 Å². The molecule has 0 aromatic carbocycles. The summed E-state index contributed by atoms with van der Waals surface area (Å²) in [6, 6.07) is 0. The average molecular weight is 222 g/mol. The number of carbonyl (C=O) groups is 1. The molecule has 1 saturated carbocycles. The number of hydrogen-bond donors (Lipinski definition) is 0. The lowest BCUT2D eigenvalue weighted by Gasteiger charge is -2.22. The molecule has 16 heavy (non-hydrogen) atoms. The highest BCUT2D eigenvalue weighted by molar-refractivity contribution is 5.90. The van der Waals surface area contributed by atoms with Crippen molar-refractivity contribution >= 4 is 5.97 Å². The van der Waals surface area contributed by atoms with Crippen LogP contribution in [-0.4, -0.2) is 22.9 Å². The number of rotatable bonds is 2. The van der Waals surface area contributed by atoms with Crippen molar-refractivity contribution in [3.05, 3.63) is 17.5 Å². The maximum atomic E-state index is 11.6. The van der Waals surface area contributed by atoms with E-state index in [0.717, 1.165) is 18.5 Å². The van der Waals surface area contributed by atoms with Gasteiger partial charge in [-0.15, -0.1) is 0 Å². The van der Waals surface area contributed by atoms with Crippen LogP contribution >= 0.6 is 0 Å². The Morgan fingerprint density at radius 1 is 1.50 bits per heavy atom. The van der Waals surface area contributed by atoms with Gasteiger partial charge in [0.2, 0.25) is 0 Å². The van der Waals surface area contributed by atoms with Gasteiger partial charge in [0.15, 0.2) is 0 Å². The number of methoxy groups -OCH3 is 1. The van der Waals surface area contributed by atoms with Gasteiger partial charge >= 0.3 is 5.97 Å². The van der Waals surface area contributed by atoms with Crippen molar-refractivity contribution in [3.8, 4) is 0 Å². The fraction of sp³-hybridized carbons (Fsp3) is 0.667. The number of ether oxygens (including phenoxy) is 1. The molecule has 0 aliphatic heterocycles. The van der Waals surface area contributed by atoms with E-state index in [4.69, 9.17) is 4.74 Å². The van der Waals surface area contributed by atoms with Crippen LogP contribution < -0.4 is 0 Å². The van der Waals surface area contributed by atoms with Gasteiger partial charge in [0.05, 0.1) is 24.5 Å². The average Bonchev–Trinajstić information content (AvgIpc) is 2.94. The second-order valence-electron chi connectivity index (χ2n) is 5.29. The smallest absolute Gasteiger partial charge is 0.341 e. The van der Waals surface area contributed by atoms with Crippen LogP contribution in [0, 0.1) is 0 Å². The SMILES string of the molecule is COC(=O)c1cnn(C(C)(C)C)c1C1CC1. The van der Waals surface area contributed by atoms with Gasteiger partial charge in [-0.1, -0.05) is 0 Å². The van der Waals surface area contributed by atoms with Crippen molar-refractivity contribution in [2.45, 2.75) is 45.1 Å². The van der Waals surface area contributed by atoms with Gasteiger partial charge in [-0.05, 0) is 33.6 Å². The Hall–Kier alpha value is -1.32. The van der Waals surface area contributed by atoms with E-state index >= 15 is 0 Å².